The van der Waals surface area contributed by atoms with Crippen molar-refractivity contribution in [3.8, 4) is 0 Å². The van der Waals surface area contributed by atoms with Crippen LogP contribution in [-0.4, -0.2) is 71.8 Å². The van der Waals surface area contributed by atoms with Gasteiger partial charge in [0, 0.05) is 45.4 Å². The summed E-state index contributed by atoms with van der Waals surface area (Å²) in [5.74, 6) is 0.284. The molecule has 0 aromatic heterocycles. The average molecular weight is 270 g/mol. The lowest BCUT2D eigenvalue weighted by Gasteiger charge is -2.45. The molecule has 3 N–H and O–H groups in total. The molecular weight excluding hydrogens is 244 g/mol. The van der Waals surface area contributed by atoms with Gasteiger partial charge in [-0.1, -0.05) is 5.16 Å². The molecule has 0 radical (unpaired) electrons. The lowest BCUT2D eigenvalue weighted by Crippen LogP contribution is -2.61. The molecule has 0 bridgehead atoms. The molecule has 2 fully saturated rings. The SMILES string of the molecule is CC(C)(C(N)=NO)N1CCN(C2CCOCC2)CC1. The maximum atomic E-state index is 8.87. The number of nitrogens with zero attached hydrogens (tertiary/aromatic N) is 3. The number of piperazine rings is 1. The predicted molar refractivity (Wildman–Crippen MR) is 74.5 cm³/mol. The van der Waals surface area contributed by atoms with Crippen LogP contribution in [0.5, 0.6) is 0 Å². The Morgan fingerprint density at radius 1 is 1.21 bits per heavy atom. The smallest absolute Gasteiger partial charge is 0.159 e. The first-order chi connectivity index (χ1) is 9.05. The van der Waals surface area contributed by atoms with E-state index in [0.29, 0.717) is 6.04 Å². The Balaban J connectivity index is 1.88. The molecule has 19 heavy (non-hydrogen) atoms. The Morgan fingerprint density at radius 3 is 2.32 bits per heavy atom. The Bertz CT molecular complexity index is 319. The predicted octanol–water partition coefficient (Wildman–Crippen LogP) is 0.308. The number of ether oxygens (including phenoxy) is 1. The third-order valence-electron chi connectivity index (χ3n) is 4.55. The van der Waals surface area contributed by atoms with Crippen LogP contribution in [0.25, 0.3) is 0 Å². The first kappa shape index (κ1) is 14.6. The second-order valence-corrected chi connectivity index (χ2v) is 5.91. The third kappa shape index (κ3) is 3.19. The minimum Gasteiger partial charge on any atom is -0.409 e. The molecule has 2 heterocycles. The van der Waals surface area contributed by atoms with E-state index in [-0.39, 0.29) is 11.4 Å². The second kappa shape index (κ2) is 6.07. The summed E-state index contributed by atoms with van der Waals surface area (Å²) < 4.78 is 5.41. The van der Waals surface area contributed by atoms with Crippen molar-refractivity contribution in [3.63, 3.8) is 0 Å². The van der Waals surface area contributed by atoms with Gasteiger partial charge in [0.05, 0.1) is 5.54 Å². The summed E-state index contributed by atoms with van der Waals surface area (Å²) in [7, 11) is 0. The van der Waals surface area contributed by atoms with Crippen LogP contribution in [0.1, 0.15) is 26.7 Å². The van der Waals surface area contributed by atoms with Gasteiger partial charge in [-0.25, -0.2) is 0 Å². The molecule has 6 heteroatoms. The van der Waals surface area contributed by atoms with Crippen molar-refractivity contribution < 1.29 is 9.94 Å². The normalized spacial score (nSPS) is 25.7. The Kier molecular flexibility index (Phi) is 4.65. The quantitative estimate of drug-likeness (QED) is 0.334. The highest BCUT2D eigenvalue weighted by molar-refractivity contribution is 5.88. The van der Waals surface area contributed by atoms with E-state index in [2.05, 4.69) is 15.0 Å². The van der Waals surface area contributed by atoms with E-state index >= 15 is 0 Å². The highest BCUT2D eigenvalue weighted by Crippen LogP contribution is 2.21. The van der Waals surface area contributed by atoms with Gasteiger partial charge in [0.2, 0.25) is 0 Å². The standard InChI is InChI=1S/C13H26N4O2/c1-13(2,12(14)15-18)17-7-5-16(6-8-17)11-3-9-19-10-4-11/h11,18H,3-10H2,1-2H3,(H2,14,15). The zero-order chi connectivity index (χ0) is 13.9. The Morgan fingerprint density at radius 2 is 1.79 bits per heavy atom. The van der Waals surface area contributed by atoms with E-state index in [1.165, 1.54) is 0 Å². The van der Waals surface area contributed by atoms with Gasteiger partial charge in [0.15, 0.2) is 5.84 Å². The maximum absolute atomic E-state index is 8.87. The van der Waals surface area contributed by atoms with Crippen molar-refractivity contribution in [3.05, 3.63) is 0 Å². The van der Waals surface area contributed by atoms with Gasteiger partial charge >= 0.3 is 0 Å². The van der Waals surface area contributed by atoms with Crippen molar-refractivity contribution in [2.75, 3.05) is 39.4 Å². The molecule has 0 atom stereocenters. The Hall–Kier alpha value is -0.850. The summed E-state index contributed by atoms with van der Waals surface area (Å²) in [6.07, 6.45) is 2.28. The van der Waals surface area contributed by atoms with Crippen molar-refractivity contribution in [1.82, 2.24) is 9.80 Å². The summed E-state index contributed by atoms with van der Waals surface area (Å²) in [5.41, 5.74) is 5.41. The molecular formula is C13H26N4O2. The van der Waals surface area contributed by atoms with Gasteiger partial charge in [-0.2, -0.15) is 0 Å². The maximum Gasteiger partial charge on any atom is 0.159 e. The molecule has 0 aromatic carbocycles. The first-order valence-corrected chi connectivity index (χ1v) is 7.10. The number of hydrogen-bond donors (Lipinski definition) is 2. The van der Waals surface area contributed by atoms with Crippen LogP contribution in [0, 0.1) is 0 Å². The molecule has 0 aromatic rings. The van der Waals surface area contributed by atoms with Crippen LogP contribution in [0.4, 0.5) is 0 Å². The molecule has 0 aliphatic carbocycles. The van der Waals surface area contributed by atoms with E-state index in [4.69, 9.17) is 15.7 Å². The lowest BCUT2D eigenvalue weighted by molar-refractivity contribution is 0.00309. The number of rotatable bonds is 3. The van der Waals surface area contributed by atoms with Gasteiger partial charge in [-0.3, -0.25) is 9.80 Å². The zero-order valence-corrected chi connectivity index (χ0v) is 12.0. The molecule has 0 spiro atoms. The average Bonchev–Trinajstić information content (AvgIpc) is 2.47. The van der Waals surface area contributed by atoms with Gasteiger partial charge in [0.1, 0.15) is 0 Å². The van der Waals surface area contributed by atoms with Crippen LogP contribution in [0.2, 0.25) is 0 Å². The van der Waals surface area contributed by atoms with Crippen LogP contribution in [0.15, 0.2) is 5.16 Å². The molecule has 2 aliphatic rings. The van der Waals surface area contributed by atoms with Crippen molar-refractivity contribution >= 4 is 5.84 Å². The van der Waals surface area contributed by atoms with Gasteiger partial charge in [-0.05, 0) is 26.7 Å². The number of hydrogen-bond acceptors (Lipinski definition) is 5. The fourth-order valence-electron chi connectivity index (χ4n) is 2.98. The molecule has 0 unspecified atom stereocenters. The third-order valence-corrected chi connectivity index (χ3v) is 4.55. The fourth-order valence-corrected chi connectivity index (χ4v) is 2.98. The second-order valence-electron chi connectivity index (χ2n) is 5.91. The zero-order valence-electron chi connectivity index (χ0n) is 12.0. The van der Waals surface area contributed by atoms with E-state index < -0.39 is 0 Å². The highest BCUT2D eigenvalue weighted by atomic mass is 16.5. The monoisotopic (exact) mass is 270 g/mol. The number of oxime groups is 1. The largest absolute Gasteiger partial charge is 0.409 e. The van der Waals surface area contributed by atoms with E-state index in [0.717, 1.165) is 52.2 Å². The highest BCUT2D eigenvalue weighted by Gasteiger charge is 2.35. The van der Waals surface area contributed by atoms with Crippen LogP contribution < -0.4 is 5.73 Å². The summed E-state index contributed by atoms with van der Waals surface area (Å²) >= 11 is 0. The van der Waals surface area contributed by atoms with Gasteiger partial charge in [0.25, 0.3) is 0 Å². The minimum absolute atomic E-state index is 0.284. The molecule has 2 saturated heterocycles. The van der Waals surface area contributed by atoms with Crippen LogP contribution in [0.3, 0.4) is 0 Å². The van der Waals surface area contributed by atoms with Gasteiger partial charge in [-0.15, -0.1) is 0 Å². The molecule has 110 valence electrons. The van der Waals surface area contributed by atoms with E-state index in [1.54, 1.807) is 0 Å². The van der Waals surface area contributed by atoms with Crippen LogP contribution >= 0.6 is 0 Å². The summed E-state index contributed by atoms with van der Waals surface area (Å²) in [6, 6.07) is 0.669. The lowest BCUT2D eigenvalue weighted by atomic mass is 9.99. The van der Waals surface area contributed by atoms with Crippen molar-refractivity contribution in [2.45, 2.75) is 38.3 Å². The summed E-state index contributed by atoms with van der Waals surface area (Å²) in [5, 5.41) is 12.0. The minimum atomic E-state index is -0.378. The van der Waals surface area contributed by atoms with Crippen LogP contribution in [-0.2, 0) is 4.74 Å². The molecule has 0 amide bonds. The molecule has 2 aliphatic heterocycles. The molecule has 6 nitrogen and oxygen atoms in total. The number of amidine groups is 1. The summed E-state index contributed by atoms with van der Waals surface area (Å²) in [4.78, 5) is 4.85. The molecule has 0 saturated carbocycles. The van der Waals surface area contributed by atoms with E-state index in [1.807, 2.05) is 13.8 Å². The van der Waals surface area contributed by atoms with Crippen molar-refractivity contribution in [2.24, 2.45) is 10.9 Å². The van der Waals surface area contributed by atoms with Crippen molar-refractivity contribution in [1.29, 1.82) is 0 Å². The molecule has 2 rings (SSSR count). The first-order valence-electron chi connectivity index (χ1n) is 7.10. The summed E-state index contributed by atoms with van der Waals surface area (Å²) in [6.45, 7) is 9.81. The Labute approximate surface area is 115 Å². The van der Waals surface area contributed by atoms with Gasteiger partial charge < -0.3 is 15.7 Å². The fraction of sp³-hybridized carbons (Fsp3) is 0.923. The number of nitrogens with two attached hydrogens (primary N) is 1. The van der Waals surface area contributed by atoms with E-state index in [9.17, 15) is 0 Å². The topological polar surface area (TPSA) is 74.3 Å².